The molecular formula is C29H35F4N3O. The zero-order valence-corrected chi connectivity index (χ0v) is 21.7. The van der Waals surface area contributed by atoms with Crippen LogP contribution in [0.3, 0.4) is 0 Å². The molecule has 0 bridgehead atoms. The van der Waals surface area contributed by atoms with Crippen molar-refractivity contribution < 1.29 is 22.3 Å². The normalized spacial score (nSPS) is 21.6. The average Bonchev–Trinajstić information content (AvgIpc) is 3.13. The van der Waals surface area contributed by atoms with Crippen molar-refractivity contribution in [2.24, 2.45) is 5.92 Å². The van der Waals surface area contributed by atoms with Gasteiger partial charge in [0.15, 0.2) is 0 Å². The Morgan fingerprint density at radius 1 is 1.08 bits per heavy atom. The maximum absolute atomic E-state index is 15.7. The maximum Gasteiger partial charge on any atom is 0.135 e. The van der Waals surface area contributed by atoms with Gasteiger partial charge in [-0.05, 0) is 44.4 Å². The van der Waals surface area contributed by atoms with Gasteiger partial charge in [-0.3, -0.25) is 14.2 Å². The molecule has 200 valence electrons. The van der Waals surface area contributed by atoms with Crippen molar-refractivity contribution in [3.8, 4) is 5.75 Å². The molecule has 0 radical (unpaired) electrons. The Hall–Kier alpha value is -2.58. The van der Waals surface area contributed by atoms with Gasteiger partial charge in [-0.2, -0.15) is 0 Å². The molecular weight excluding hydrogens is 482 g/mol. The van der Waals surface area contributed by atoms with Crippen LogP contribution in [0.5, 0.6) is 5.75 Å². The largest absolute Gasteiger partial charge is 0.492 e. The number of halogens is 4. The van der Waals surface area contributed by atoms with Crippen LogP contribution in [0.2, 0.25) is 0 Å². The Kier molecular flexibility index (Phi) is 7.24. The fourth-order valence-corrected chi connectivity index (χ4v) is 5.88. The molecule has 0 aliphatic carbocycles. The number of rotatable bonds is 8. The van der Waals surface area contributed by atoms with E-state index in [2.05, 4.69) is 11.9 Å². The smallest absolute Gasteiger partial charge is 0.135 e. The Labute approximate surface area is 215 Å². The minimum absolute atomic E-state index is 0.0338. The third-order valence-corrected chi connectivity index (χ3v) is 7.59. The minimum atomic E-state index is -1.55. The second-order valence-corrected chi connectivity index (χ2v) is 11.2. The van der Waals surface area contributed by atoms with Crippen LogP contribution in [-0.2, 0) is 0 Å². The molecule has 37 heavy (non-hydrogen) atoms. The fourth-order valence-electron chi connectivity index (χ4n) is 5.88. The molecule has 3 aromatic rings. The molecule has 0 amide bonds. The van der Waals surface area contributed by atoms with E-state index in [4.69, 9.17) is 4.74 Å². The van der Waals surface area contributed by atoms with Crippen LogP contribution in [0, 0.1) is 17.6 Å². The molecule has 1 saturated heterocycles. The van der Waals surface area contributed by atoms with Gasteiger partial charge in [-0.25, -0.2) is 13.2 Å². The van der Waals surface area contributed by atoms with Gasteiger partial charge in [-0.15, -0.1) is 0 Å². The van der Waals surface area contributed by atoms with Crippen molar-refractivity contribution in [1.82, 2.24) is 14.8 Å². The summed E-state index contributed by atoms with van der Waals surface area (Å²) < 4.78 is 64.7. The summed E-state index contributed by atoms with van der Waals surface area (Å²) in [6.45, 7) is 7.47. The van der Waals surface area contributed by atoms with Crippen LogP contribution in [0.1, 0.15) is 56.0 Å². The summed E-state index contributed by atoms with van der Waals surface area (Å²) in [5, 5.41) is 1.03. The lowest BCUT2D eigenvalue weighted by atomic mass is 9.92. The Morgan fingerprint density at radius 2 is 1.78 bits per heavy atom. The number of hydrogen-bond donors (Lipinski definition) is 1. The first-order chi connectivity index (χ1) is 17.6. The third-order valence-electron chi connectivity index (χ3n) is 7.59. The molecule has 8 heteroatoms. The fraction of sp³-hybridized carbons (Fsp3) is 0.517. The van der Waals surface area contributed by atoms with Crippen LogP contribution in [-0.4, -0.2) is 66.5 Å². The number of fused-ring (bicyclic) bond motifs is 3. The summed E-state index contributed by atoms with van der Waals surface area (Å²) in [7, 11) is 0. The SMILES string of the molecule is C[C@H]1CCN(CC(C)(C)F)[C@H](c2c(F)cc(OCCN3CC(CF)C3)cc2F)c2[nH]c3ccccc3c21. The van der Waals surface area contributed by atoms with E-state index in [1.165, 1.54) is 26.0 Å². The summed E-state index contributed by atoms with van der Waals surface area (Å²) in [5.41, 5.74) is 0.980. The minimum Gasteiger partial charge on any atom is -0.492 e. The van der Waals surface area contributed by atoms with Crippen LogP contribution in [0.4, 0.5) is 17.6 Å². The van der Waals surface area contributed by atoms with E-state index >= 15 is 8.78 Å². The number of likely N-dealkylation sites (tertiary alicyclic amines) is 1. The van der Waals surface area contributed by atoms with E-state index in [-0.39, 0.29) is 43.0 Å². The number of hydrogen-bond acceptors (Lipinski definition) is 3. The van der Waals surface area contributed by atoms with Gasteiger partial charge in [0.2, 0.25) is 0 Å². The van der Waals surface area contributed by atoms with Gasteiger partial charge in [0.05, 0.1) is 12.7 Å². The maximum atomic E-state index is 15.7. The first-order valence-electron chi connectivity index (χ1n) is 13.1. The number of para-hydroxylation sites is 1. The molecule has 4 nitrogen and oxygen atoms in total. The van der Waals surface area contributed by atoms with Crippen molar-refractivity contribution in [2.45, 2.75) is 44.8 Å². The van der Waals surface area contributed by atoms with Gasteiger partial charge >= 0.3 is 0 Å². The molecule has 3 heterocycles. The Bertz CT molecular complexity index is 1220. The second kappa shape index (κ2) is 10.3. The molecule has 2 atom stereocenters. The topological polar surface area (TPSA) is 31.5 Å². The highest BCUT2D eigenvalue weighted by Crippen LogP contribution is 2.44. The first-order valence-corrected chi connectivity index (χ1v) is 13.1. The van der Waals surface area contributed by atoms with Gasteiger partial charge < -0.3 is 9.72 Å². The summed E-state index contributed by atoms with van der Waals surface area (Å²) in [4.78, 5) is 7.33. The standard InChI is InChI=1S/C29H35F4N3O/c1-18-8-9-36(17-29(2,3)33)28(27-25(18)21-6-4-5-7-24(21)34-27)26-22(31)12-20(13-23(26)32)37-11-10-35-15-19(14-30)16-35/h4-7,12-13,18-19,28,34H,8-11,14-17H2,1-3H3/t18-,28+/m0/s1. The summed E-state index contributed by atoms with van der Waals surface area (Å²) >= 11 is 0. The number of nitrogens with zero attached hydrogens (tertiary/aromatic N) is 2. The number of alkyl halides is 2. The Balaban J connectivity index is 1.49. The lowest BCUT2D eigenvalue weighted by Crippen LogP contribution is -2.49. The first kappa shape index (κ1) is 26.0. The van der Waals surface area contributed by atoms with Crippen molar-refractivity contribution in [3.05, 3.63) is 64.9 Å². The van der Waals surface area contributed by atoms with Crippen LogP contribution in [0.25, 0.3) is 10.9 Å². The quantitative estimate of drug-likeness (QED) is 0.352. The van der Waals surface area contributed by atoms with Crippen molar-refractivity contribution in [1.29, 1.82) is 0 Å². The molecule has 1 fully saturated rings. The molecule has 2 aromatic carbocycles. The third kappa shape index (κ3) is 5.36. The second-order valence-electron chi connectivity index (χ2n) is 11.2. The van der Waals surface area contributed by atoms with E-state index in [1.54, 1.807) is 0 Å². The molecule has 2 aliphatic rings. The van der Waals surface area contributed by atoms with Crippen molar-refractivity contribution >= 4 is 10.9 Å². The van der Waals surface area contributed by atoms with Crippen LogP contribution >= 0.6 is 0 Å². The Morgan fingerprint density at radius 3 is 2.46 bits per heavy atom. The zero-order chi connectivity index (χ0) is 26.3. The van der Waals surface area contributed by atoms with E-state index in [0.29, 0.717) is 31.9 Å². The van der Waals surface area contributed by atoms with Gasteiger partial charge in [0.1, 0.15) is 29.7 Å². The van der Waals surface area contributed by atoms with Crippen molar-refractivity contribution in [2.75, 3.05) is 46.0 Å². The number of ether oxygens (including phenoxy) is 1. The van der Waals surface area contributed by atoms with Crippen molar-refractivity contribution in [3.63, 3.8) is 0 Å². The number of H-pyrrole nitrogens is 1. The molecule has 2 aliphatic heterocycles. The highest BCUT2D eigenvalue weighted by Gasteiger charge is 2.38. The number of benzene rings is 2. The van der Waals surface area contributed by atoms with Crippen LogP contribution in [0.15, 0.2) is 36.4 Å². The monoisotopic (exact) mass is 517 g/mol. The highest BCUT2D eigenvalue weighted by atomic mass is 19.1. The molecule has 1 aromatic heterocycles. The lowest BCUT2D eigenvalue weighted by molar-refractivity contribution is 0.0667. The predicted octanol–water partition coefficient (Wildman–Crippen LogP) is 6.37. The van der Waals surface area contributed by atoms with Gasteiger partial charge in [0.25, 0.3) is 0 Å². The number of nitrogens with one attached hydrogen (secondary N) is 1. The molecule has 5 rings (SSSR count). The van der Waals surface area contributed by atoms with E-state index < -0.39 is 23.3 Å². The number of aromatic nitrogens is 1. The summed E-state index contributed by atoms with van der Waals surface area (Å²) in [6, 6.07) is 9.47. The predicted molar refractivity (Wildman–Crippen MR) is 138 cm³/mol. The lowest BCUT2D eigenvalue weighted by Gasteiger charge is -2.37. The molecule has 0 spiro atoms. The zero-order valence-electron chi connectivity index (χ0n) is 21.7. The number of aromatic amines is 1. The summed E-state index contributed by atoms with van der Waals surface area (Å²) in [6.07, 6.45) is 0.742. The van der Waals surface area contributed by atoms with Gasteiger partial charge in [-0.1, -0.05) is 25.1 Å². The molecule has 0 unspecified atom stereocenters. The molecule has 0 saturated carbocycles. The molecule has 1 N–H and O–H groups in total. The van der Waals surface area contributed by atoms with E-state index in [0.717, 1.165) is 22.9 Å². The van der Waals surface area contributed by atoms with Crippen LogP contribution < -0.4 is 4.74 Å². The van der Waals surface area contributed by atoms with E-state index in [9.17, 15) is 8.78 Å². The average molecular weight is 518 g/mol. The van der Waals surface area contributed by atoms with Gasteiger partial charge in [0, 0.05) is 66.4 Å². The highest BCUT2D eigenvalue weighted by molar-refractivity contribution is 5.85. The van der Waals surface area contributed by atoms with E-state index in [1.807, 2.05) is 34.1 Å². The summed E-state index contributed by atoms with van der Waals surface area (Å²) in [5.74, 6) is -1.13.